The summed E-state index contributed by atoms with van der Waals surface area (Å²) in [5.41, 5.74) is -0.608. The van der Waals surface area contributed by atoms with Gasteiger partial charge in [-0.1, -0.05) is 13.8 Å². The van der Waals surface area contributed by atoms with Crippen molar-refractivity contribution in [2.45, 2.75) is 65.1 Å². The molecule has 1 aliphatic rings. The highest BCUT2D eigenvalue weighted by Gasteiger charge is 2.38. The number of hydrogen-bond donors (Lipinski definition) is 2. The lowest BCUT2D eigenvalue weighted by Crippen LogP contribution is -2.54. The quantitative estimate of drug-likeness (QED) is 0.814. The number of nitrogens with one attached hydrogen (secondary N) is 2. The standard InChI is InChI=1S/C16H29N3O4/c1-10(2)12(14(21)17-6)18-13(20)11-8-7-9-19(11)15(22)23-16(3,4)5/h10-12H,7-9H2,1-6H3,(H,17,21)(H,18,20)/t11-,12+/m0/s1. The van der Waals surface area contributed by atoms with E-state index >= 15 is 0 Å². The number of hydrogen-bond acceptors (Lipinski definition) is 4. The van der Waals surface area contributed by atoms with E-state index < -0.39 is 23.8 Å². The molecule has 0 radical (unpaired) electrons. The van der Waals surface area contributed by atoms with Gasteiger partial charge in [0.25, 0.3) is 0 Å². The van der Waals surface area contributed by atoms with Crippen molar-refractivity contribution in [2.24, 2.45) is 5.92 Å². The van der Waals surface area contributed by atoms with Crippen LogP contribution in [0, 0.1) is 5.92 Å². The first-order valence-corrected chi connectivity index (χ1v) is 8.08. The van der Waals surface area contributed by atoms with Crippen LogP contribution in [-0.4, -0.2) is 54.1 Å². The molecule has 0 aromatic carbocycles. The molecule has 1 aliphatic heterocycles. The van der Waals surface area contributed by atoms with Gasteiger partial charge < -0.3 is 15.4 Å². The second-order valence-electron chi connectivity index (χ2n) is 7.18. The Morgan fingerprint density at radius 1 is 1.22 bits per heavy atom. The summed E-state index contributed by atoms with van der Waals surface area (Å²) in [6.45, 7) is 9.57. The zero-order chi connectivity index (χ0) is 17.8. The highest BCUT2D eigenvalue weighted by molar-refractivity contribution is 5.91. The zero-order valence-electron chi connectivity index (χ0n) is 14.9. The minimum absolute atomic E-state index is 0.0460. The second-order valence-corrected chi connectivity index (χ2v) is 7.18. The van der Waals surface area contributed by atoms with Crippen LogP contribution < -0.4 is 10.6 Å². The van der Waals surface area contributed by atoms with Gasteiger partial charge in [-0.15, -0.1) is 0 Å². The second kappa shape index (κ2) is 7.66. The van der Waals surface area contributed by atoms with Crippen molar-refractivity contribution in [3.63, 3.8) is 0 Å². The predicted octanol–water partition coefficient (Wildman–Crippen LogP) is 1.27. The third-order valence-electron chi connectivity index (χ3n) is 3.68. The molecule has 23 heavy (non-hydrogen) atoms. The van der Waals surface area contributed by atoms with E-state index in [2.05, 4.69) is 10.6 Å². The van der Waals surface area contributed by atoms with Crippen LogP contribution in [0.4, 0.5) is 4.79 Å². The number of carbonyl (C=O) groups excluding carboxylic acids is 3. The molecule has 1 fully saturated rings. The molecule has 132 valence electrons. The number of likely N-dealkylation sites (N-methyl/N-ethyl adjacent to an activating group) is 1. The number of ether oxygens (including phenoxy) is 1. The highest BCUT2D eigenvalue weighted by atomic mass is 16.6. The minimum atomic E-state index is -0.617. The maximum Gasteiger partial charge on any atom is 0.410 e. The molecule has 0 spiro atoms. The molecule has 3 amide bonds. The monoisotopic (exact) mass is 327 g/mol. The first-order valence-electron chi connectivity index (χ1n) is 8.08. The fourth-order valence-electron chi connectivity index (χ4n) is 2.52. The van der Waals surface area contributed by atoms with Crippen LogP contribution in [0.5, 0.6) is 0 Å². The molecular weight excluding hydrogens is 298 g/mol. The van der Waals surface area contributed by atoms with Crippen LogP contribution >= 0.6 is 0 Å². The predicted molar refractivity (Wildman–Crippen MR) is 86.8 cm³/mol. The Bertz CT molecular complexity index is 457. The Labute approximate surface area is 138 Å². The van der Waals surface area contributed by atoms with Gasteiger partial charge in [0.05, 0.1) is 0 Å². The number of likely N-dealkylation sites (tertiary alicyclic amines) is 1. The molecule has 7 heteroatoms. The molecule has 0 unspecified atom stereocenters. The van der Waals surface area contributed by atoms with Crippen LogP contribution in [0.3, 0.4) is 0 Å². The third kappa shape index (κ3) is 5.41. The fraction of sp³-hybridized carbons (Fsp3) is 0.812. The van der Waals surface area contributed by atoms with Crippen molar-refractivity contribution >= 4 is 17.9 Å². The molecular formula is C16H29N3O4. The number of amides is 3. The average Bonchev–Trinajstić information content (AvgIpc) is 2.91. The van der Waals surface area contributed by atoms with Crippen LogP contribution in [-0.2, 0) is 14.3 Å². The minimum Gasteiger partial charge on any atom is -0.444 e. The molecule has 7 nitrogen and oxygen atoms in total. The molecule has 0 saturated carbocycles. The fourth-order valence-corrected chi connectivity index (χ4v) is 2.52. The number of carbonyl (C=O) groups is 3. The van der Waals surface area contributed by atoms with E-state index in [1.165, 1.54) is 11.9 Å². The molecule has 1 heterocycles. The molecule has 0 bridgehead atoms. The zero-order valence-corrected chi connectivity index (χ0v) is 14.9. The summed E-state index contributed by atoms with van der Waals surface area (Å²) in [6.07, 6.45) is 0.823. The van der Waals surface area contributed by atoms with Gasteiger partial charge in [-0.2, -0.15) is 0 Å². The van der Waals surface area contributed by atoms with Crippen molar-refractivity contribution in [3.05, 3.63) is 0 Å². The molecule has 0 aliphatic carbocycles. The van der Waals surface area contributed by atoms with E-state index in [9.17, 15) is 14.4 Å². The van der Waals surface area contributed by atoms with Gasteiger partial charge in [-0.3, -0.25) is 14.5 Å². The van der Waals surface area contributed by atoms with Crippen LogP contribution in [0.1, 0.15) is 47.5 Å². The van der Waals surface area contributed by atoms with Crippen molar-refractivity contribution < 1.29 is 19.1 Å². The maximum absolute atomic E-state index is 12.5. The molecule has 2 atom stereocenters. The van der Waals surface area contributed by atoms with Crippen molar-refractivity contribution in [1.29, 1.82) is 0 Å². The van der Waals surface area contributed by atoms with Crippen LogP contribution in [0.15, 0.2) is 0 Å². The summed E-state index contributed by atoms with van der Waals surface area (Å²) in [7, 11) is 1.53. The maximum atomic E-state index is 12.5. The highest BCUT2D eigenvalue weighted by Crippen LogP contribution is 2.21. The number of rotatable bonds is 4. The van der Waals surface area contributed by atoms with Crippen LogP contribution in [0.25, 0.3) is 0 Å². The van der Waals surface area contributed by atoms with Gasteiger partial charge in [0.2, 0.25) is 11.8 Å². The van der Waals surface area contributed by atoms with E-state index in [0.717, 1.165) is 6.42 Å². The topological polar surface area (TPSA) is 87.7 Å². The first kappa shape index (κ1) is 19.3. The van der Waals surface area contributed by atoms with E-state index in [-0.39, 0.29) is 17.7 Å². The molecule has 1 saturated heterocycles. The summed E-state index contributed by atoms with van der Waals surface area (Å²) < 4.78 is 5.35. The van der Waals surface area contributed by atoms with Crippen molar-refractivity contribution in [1.82, 2.24) is 15.5 Å². The van der Waals surface area contributed by atoms with Crippen molar-refractivity contribution in [3.8, 4) is 0 Å². The van der Waals surface area contributed by atoms with Gasteiger partial charge in [-0.25, -0.2) is 4.79 Å². The molecule has 2 N–H and O–H groups in total. The smallest absolute Gasteiger partial charge is 0.410 e. The summed E-state index contributed by atoms with van der Waals surface area (Å²) >= 11 is 0. The summed E-state index contributed by atoms with van der Waals surface area (Å²) in [5, 5.41) is 5.30. The first-order chi connectivity index (χ1) is 10.6. The Morgan fingerprint density at radius 3 is 2.30 bits per heavy atom. The van der Waals surface area contributed by atoms with E-state index in [1.54, 1.807) is 20.8 Å². The lowest BCUT2D eigenvalue weighted by atomic mass is 10.0. The Morgan fingerprint density at radius 2 is 1.83 bits per heavy atom. The van der Waals surface area contributed by atoms with Gasteiger partial charge in [0.15, 0.2) is 0 Å². The van der Waals surface area contributed by atoms with Gasteiger partial charge in [0.1, 0.15) is 17.7 Å². The summed E-state index contributed by atoms with van der Waals surface area (Å²) in [4.78, 5) is 38.1. The number of nitrogens with zero attached hydrogens (tertiary/aromatic N) is 1. The van der Waals surface area contributed by atoms with Gasteiger partial charge in [0, 0.05) is 13.6 Å². The Balaban J connectivity index is 2.77. The van der Waals surface area contributed by atoms with Gasteiger partial charge >= 0.3 is 6.09 Å². The Hall–Kier alpha value is -1.79. The molecule has 1 rings (SSSR count). The van der Waals surface area contributed by atoms with Crippen molar-refractivity contribution in [2.75, 3.05) is 13.6 Å². The lowest BCUT2D eigenvalue weighted by molar-refractivity contribution is -0.132. The largest absolute Gasteiger partial charge is 0.444 e. The van der Waals surface area contributed by atoms with Gasteiger partial charge in [-0.05, 0) is 39.5 Å². The SMILES string of the molecule is CNC(=O)[C@H](NC(=O)[C@@H]1CCCN1C(=O)OC(C)(C)C)C(C)C. The average molecular weight is 327 g/mol. The van der Waals surface area contributed by atoms with E-state index in [1.807, 2.05) is 13.8 Å². The summed E-state index contributed by atoms with van der Waals surface area (Å²) in [5.74, 6) is -0.596. The lowest BCUT2D eigenvalue weighted by Gasteiger charge is -2.29. The third-order valence-corrected chi connectivity index (χ3v) is 3.68. The van der Waals surface area contributed by atoms with E-state index in [4.69, 9.17) is 4.74 Å². The summed E-state index contributed by atoms with van der Waals surface area (Å²) in [6, 6.07) is -1.20. The normalized spacial score (nSPS) is 19.4. The van der Waals surface area contributed by atoms with Crippen LogP contribution in [0.2, 0.25) is 0 Å². The molecule has 0 aromatic rings. The molecule has 0 aromatic heterocycles. The van der Waals surface area contributed by atoms with E-state index in [0.29, 0.717) is 13.0 Å². The Kier molecular flexibility index (Phi) is 6.41.